The Morgan fingerprint density at radius 3 is 2.58 bits per heavy atom. The van der Waals surface area contributed by atoms with Gasteiger partial charge < -0.3 is 10.2 Å². The fourth-order valence-electron chi connectivity index (χ4n) is 2.19. The summed E-state index contributed by atoms with van der Waals surface area (Å²) >= 11 is 0. The van der Waals surface area contributed by atoms with Gasteiger partial charge in [0.2, 0.25) is 0 Å². The SMILES string of the molecule is Cc1nnc(-c2ccncc2)c(N2CCNCC2)n1. The average molecular weight is 256 g/mol. The predicted molar refractivity (Wildman–Crippen MR) is 72.9 cm³/mol. The Labute approximate surface area is 111 Å². The van der Waals surface area contributed by atoms with E-state index >= 15 is 0 Å². The number of pyridine rings is 1. The zero-order valence-electron chi connectivity index (χ0n) is 10.9. The van der Waals surface area contributed by atoms with E-state index in [1.165, 1.54) is 0 Å². The summed E-state index contributed by atoms with van der Waals surface area (Å²) in [5, 5.41) is 11.8. The van der Waals surface area contributed by atoms with Crippen LogP contribution in [0.25, 0.3) is 11.3 Å². The summed E-state index contributed by atoms with van der Waals surface area (Å²) in [6.07, 6.45) is 3.52. The first kappa shape index (κ1) is 12.0. The molecule has 6 nitrogen and oxygen atoms in total. The number of aryl methyl sites for hydroxylation is 1. The van der Waals surface area contributed by atoms with Crippen LogP contribution in [0.3, 0.4) is 0 Å². The van der Waals surface area contributed by atoms with Gasteiger partial charge in [-0.05, 0) is 19.1 Å². The zero-order chi connectivity index (χ0) is 13.1. The third kappa shape index (κ3) is 2.53. The predicted octanol–water partition coefficient (Wildman–Crippen LogP) is 0.652. The normalized spacial score (nSPS) is 15.5. The lowest BCUT2D eigenvalue weighted by Gasteiger charge is -2.29. The van der Waals surface area contributed by atoms with Crippen LogP contribution in [-0.4, -0.2) is 46.3 Å². The van der Waals surface area contributed by atoms with E-state index in [4.69, 9.17) is 0 Å². The first-order valence-electron chi connectivity index (χ1n) is 6.42. The van der Waals surface area contributed by atoms with Gasteiger partial charge in [0.25, 0.3) is 0 Å². The number of piperazine rings is 1. The standard InChI is InChI=1S/C13H16N6/c1-10-16-13(19-8-6-15-7-9-19)12(18-17-10)11-2-4-14-5-3-11/h2-5,15H,6-9H2,1H3. The second-order valence-corrected chi connectivity index (χ2v) is 4.50. The van der Waals surface area contributed by atoms with Gasteiger partial charge in [0.1, 0.15) is 11.5 Å². The molecule has 2 aromatic rings. The van der Waals surface area contributed by atoms with Crippen LogP contribution in [0, 0.1) is 6.92 Å². The summed E-state index contributed by atoms with van der Waals surface area (Å²) in [5.41, 5.74) is 1.83. The Balaban J connectivity index is 2.04. The van der Waals surface area contributed by atoms with Crippen LogP contribution in [0.1, 0.15) is 5.82 Å². The summed E-state index contributed by atoms with van der Waals surface area (Å²) in [6, 6.07) is 3.87. The van der Waals surface area contributed by atoms with E-state index in [-0.39, 0.29) is 0 Å². The summed E-state index contributed by atoms with van der Waals surface area (Å²) in [4.78, 5) is 10.9. The molecule has 0 saturated carbocycles. The molecule has 0 aromatic carbocycles. The molecule has 3 rings (SSSR count). The van der Waals surface area contributed by atoms with Gasteiger partial charge in [-0.25, -0.2) is 4.98 Å². The molecule has 3 heterocycles. The number of hydrogen-bond donors (Lipinski definition) is 1. The number of anilines is 1. The fourth-order valence-corrected chi connectivity index (χ4v) is 2.19. The molecule has 0 radical (unpaired) electrons. The van der Waals surface area contributed by atoms with E-state index in [9.17, 15) is 0 Å². The quantitative estimate of drug-likeness (QED) is 0.851. The molecule has 98 valence electrons. The molecule has 0 spiro atoms. The minimum absolute atomic E-state index is 0.700. The van der Waals surface area contributed by atoms with Gasteiger partial charge >= 0.3 is 0 Å². The lowest BCUT2D eigenvalue weighted by atomic mass is 10.2. The highest BCUT2D eigenvalue weighted by atomic mass is 15.3. The van der Waals surface area contributed by atoms with Gasteiger partial charge in [-0.2, -0.15) is 0 Å². The van der Waals surface area contributed by atoms with Crippen molar-refractivity contribution in [3.05, 3.63) is 30.4 Å². The Bertz CT molecular complexity index is 550. The second kappa shape index (κ2) is 5.27. The van der Waals surface area contributed by atoms with Gasteiger partial charge in [0.15, 0.2) is 5.82 Å². The number of hydrogen-bond acceptors (Lipinski definition) is 6. The molecule has 1 N–H and O–H groups in total. The monoisotopic (exact) mass is 256 g/mol. The maximum Gasteiger partial charge on any atom is 0.159 e. The van der Waals surface area contributed by atoms with Crippen molar-refractivity contribution in [2.75, 3.05) is 31.1 Å². The van der Waals surface area contributed by atoms with Crippen LogP contribution in [0.5, 0.6) is 0 Å². The Kier molecular flexibility index (Phi) is 3.33. The van der Waals surface area contributed by atoms with E-state index in [0.717, 1.165) is 43.3 Å². The van der Waals surface area contributed by atoms with Gasteiger partial charge in [-0.1, -0.05) is 0 Å². The summed E-state index contributed by atoms with van der Waals surface area (Å²) in [6.45, 7) is 5.69. The molecule has 19 heavy (non-hydrogen) atoms. The lowest BCUT2D eigenvalue weighted by molar-refractivity contribution is 0.583. The Hall–Kier alpha value is -2.08. The van der Waals surface area contributed by atoms with Crippen molar-refractivity contribution in [1.29, 1.82) is 0 Å². The smallest absolute Gasteiger partial charge is 0.159 e. The van der Waals surface area contributed by atoms with E-state index in [1.54, 1.807) is 12.4 Å². The van der Waals surface area contributed by atoms with Crippen LogP contribution < -0.4 is 10.2 Å². The highest BCUT2D eigenvalue weighted by molar-refractivity contribution is 5.71. The van der Waals surface area contributed by atoms with Crippen molar-refractivity contribution in [3.8, 4) is 11.3 Å². The van der Waals surface area contributed by atoms with Crippen LogP contribution in [0.15, 0.2) is 24.5 Å². The maximum atomic E-state index is 4.58. The molecule has 1 aliphatic heterocycles. The van der Waals surface area contributed by atoms with E-state index in [2.05, 4.69) is 30.4 Å². The van der Waals surface area contributed by atoms with Gasteiger partial charge in [-0.15, -0.1) is 10.2 Å². The maximum absolute atomic E-state index is 4.58. The first-order valence-corrected chi connectivity index (χ1v) is 6.42. The molecule has 0 atom stereocenters. The molecular formula is C13H16N6. The number of aromatic nitrogens is 4. The van der Waals surface area contributed by atoms with Crippen molar-refractivity contribution in [2.45, 2.75) is 6.92 Å². The van der Waals surface area contributed by atoms with Crippen molar-refractivity contribution in [3.63, 3.8) is 0 Å². The molecule has 0 unspecified atom stereocenters. The molecule has 6 heteroatoms. The fraction of sp³-hybridized carbons (Fsp3) is 0.385. The second-order valence-electron chi connectivity index (χ2n) is 4.50. The molecule has 0 bridgehead atoms. The highest BCUT2D eigenvalue weighted by Crippen LogP contribution is 2.26. The topological polar surface area (TPSA) is 66.8 Å². The first-order chi connectivity index (χ1) is 9.34. The third-order valence-electron chi connectivity index (χ3n) is 3.14. The number of nitrogens with zero attached hydrogens (tertiary/aromatic N) is 5. The van der Waals surface area contributed by atoms with Crippen molar-refractivity contribution in [2.24, 2.45) is 0 Å². The largest absolute Gasteiger partial charge is 0.352 e. The minimum atomic E-state index is 0.700. The molecule has 0 amide bonds. The number of rotatable bonds is 2. The van der Waals surface area contributed by atoms with Crippen molar-refractivity contribution >= 4 is 5.82 Å². The van der Waals surface area contributed by atoms with Crippen LogP contribution in [0.4, 0.5) is 5.82 Å². The van der Waals surface area contributed by atoms with Crippen LogP contribution in [0.2, 0.25) is 0 Å². The summed E-state index contributed by atoms with van der Waals surface area (Å²) < 4.78 is 0. The van der Waals surface area contributed by atoms with Crippen molar-refractivity contribution < 1.29 is 0 Å². The molecule has 1 saturated heterocycles. The van der Waals surface area contributed by atoms with Gasteiger partial charge in [-0.3, -0.25) is 4.98 Å². The van der Waals surface area contributed by atoms with Gasteiger partial charge in [0, 0.05) is 44.1 Å². The van der Waals surface area contributed by atoms with E-state index in [0.29, 0.717) is 5.82 Å². The molecule has 1 fully saturated rings. The summed E-state index contributed by atoms with van der Waals surface area (Å²) in [5.74, 6) is 1.62. The molecule has 0 aliphatic carbocycles. The van der Waals surface area contributed by atoms with Crippen molar-refractivity contribution in [1.82, 2.24) is 25.5 Å². The molecule has 1 aliphatic rings. The number of nitrogens with one attached hydrogen (secondary N) is 1. The van der Waals surface area contributed by atoms with Gasteiger partial charge in [0.05, 0.1) is 0 Å². The molecule has 2 aromatic heterocycles. The highest BCUT2D eigenvalue weighted by Gasteiger charge is 2.18. The van der Waals surface area contributed by atoms with E-state index in [1.807, 2.05) is 19.1 Å². The summed E-state index contributed by atoms with van der Waals surface area (Å²) in [7, 11) is 0. The van der Waals surface area contributed by atoms with Crippen LogP contribution in [-0.2, 0) is 0 Å². The Morgan fingerprint density at radius 1 is 1.11 bits per heavy atom. The van der Waals surface area contributed by atoms with E-state index < -0.39 is 0 Å². The third-order valence-corrected chi connectivity index (χ3v) is 3.14. The minimum Gasteiger partial charge on any atom is -0.352 e. The average Bonchev–Trinajstić information content (AvgIpc) is 2.49. The van der Waals surface area contributed by atoms with Crippen LogP contribution >= 0.6 is 0 Å². The molecular weight excluding hydrogens is 240 g/mol. The lowest BCUT2D eigenvalue weighted by Crippen LogP contribution is -2.44. The Morgan fingerprint density at radius 2 is 1.84 bits per heavy atom. The zero-order valence-corrected chi connectivity index (χ0v) is 10.9.